The number of benzene rings is 1. The molecule has 0 radical (unpaired) electrons. The Morgan fingerprint density at radius 2 is 2.05 bits per heavy atom. The summed E-state index contributed by atoms with van der Waals surface area (Å²) >= 11 is 0. The van der Waals surface area contributed by atoms with Gasteiger partial charge in [0.2, 0.25) is 5.78 Å². The Kier molecular flexibility index (Phi) is 2.63. The maximum atomic E-state index is 12.1. The summed E-state index contributed by atoms with van der Waals surface area (Å²) in [5.74, 6) is 2.67. The largest absolute Gasteiger partial charge is 0.497 e. The molecular weight excluding hydrogens is 244 g/mol. The molecule has 0 amide bonds. The van der Waals surface area contributed by atoms with Crippen LogP contribution in [0.3, 0.4) is 0 Å². The highest BCUT2D eigenvalue weighted by Crippen LogP contribution is 2.34. The molecule has 0 atom stereocenters. The summed E-state index contributed by atoms with van der Waals surface area (Å²) in [6.45, 7) is 1.85. The van der Waals surface area contributed by atoms with E-state index in [0.717, 1.165) is 5.76 Å². The summed E-state index contributed by atoms with van der Waals surface area (Å²) < 4.78 is 16.1. The molecule has 4 heteroatoms. The number of methoxy groups -OCH3 is 1. The van der Waals surface area contributed by atoms with Gasteiger partial charge in [0.15, 0.2) is 5.76 Å². The van der Waals surface area contributed by atoms with Gasteiger partial charge in [0.1, 0.15) is 23.0 Å². The van der Waals surface area contributed by atoms with Crippen LogP contribution in [0, 0.1) is 6.92 Å². The smallest absolute Gasteiger partial charge is 0.232 e. The van der Waals surface area contributed by atoms with E-state index in [4.69, 9.17) is 13.9 Å². The van der Waals surface area contributed by atoms with E-state index in [1.54, 1.807) is 37.5 Å². The second-order valence-electron chi connectivity index (χ2n) is 4.25. The second-order valence-corrected chi connectivity index (χ2v) is 4.25. The molecule has 0 bridgehead atoms. The predicted molar refractivity (Wildman–Crippen MR) is 69.4 cm³/mol. The standard InChI is InChI=1S/C15H12O4/c1-9-3-4-11(18-9)8-14-15(16)12-6-5-10(17-2)7-13(12)19-14/h3-8H,1-2H3. The van der Waals surface area contributed by atoms with E-state index in [9.17, 15) is 4.79 Å². The van der Waals surface area contributed by atoms with Crippen LogP contribution in [0.1, 0.15) is 21.9 Å². The van der Waals surface area contributed by atoms with E-state index in [1.807, 2.05) is 13.0 Å². The topological polar surface area (TPSA) is 48.7 Å². The number of furan rings is 1. The van der Waals surface area contributed by atoms with E-state index in [0.29, 0.717) is 22.8 Å². The molecule has 0 unspecified atom stereocenters. The normalized spacial score (nSPS) is 15.5. The number of aryl methyl sites for hydroxylation is 1. The van der Waals surface area contributed by atoms with Gasteiger partial charge in [-0.3, -0.25) is 4.79 Å². The van der Waals surface area contributed by atoms with Gasteiger partial charge in [0, 0.05) is 12.1 Å². The molecule has 0 aliphatic carbocycles. The first-order valence-electron chi connectivity index (χ1n) is 5.86. The zero-order valence-electron chi connectivity index (χ0n) is 10.6. The molecule has 19 heavy (non-hydrogen) atoms. The highest BCUT2D eigenvalue weighted by atomic mass is 16.5. The van der Waals surface area contributed by atoms with Crippen molar-refractivity contribution in [2.45, 2.75) is 6.92 Å². The van der Waals surface area contributed by atoms with E-state index in [1.165, 1.54) is 0 Å². The van der Waals surface area contributed by atoms with E-state index >= 15 is 0 Å². The van der Waals surface area contributed by atoms with Crippen molar-refractivity contribution in [1.82, 2.24) is 0 Å². The lowest BCUT2D eigenvalue weighted by Gasteiger charge is -2.01. The van der Waals surface area contributed by atoms with Gasteiger partial charge >= 0.3 is 0 Å². The quantitative estimate of drug-likeness (QED) is 0.774. The number of hydrogen-bond donors (Lipinski definition) is 0. The Balaban J connectivity index is 1.96. The molecule has 2 aromatic rings. The molecule has 0 saturated carbocycles. The number of hydrogen-bond acceptors (Lipinski definition) is 4. The Morgan fingerprint density at radius 1 is 1.21 bits per heavy atom. The first-order valence-corrected chi connectivity index (χ1v) is 5.86. The molecule has 1 aliphatic heterocycles. The number of Topliss-reactive ketones (excluding diaryl/α,β-unsaturated/α-hetero) is 1. The maximum absolute atomic E-state index is 12.1. The first-order chi connectivity index (χ1) is 9.17. The summed E-state index contributed by atoms with van der Waals surface area (Å²) in [6, 6.07) is 8.76. The second kappa shape index (κ2) is 4.31. The number of rotatable bonds is 2. The minimum atomic E-state index is -0.147. The monoisotopic (exact) mass is 256 g/mol. The van der Waals surface area contributed by atoms with Crippen molar-refractivity contribution in [3.05, 3.63) is 53.2 Å². The van der Waals surface area contributed by atoms with Gasteiger partial charge in [-0.25, -0.2) is 0 Å². The molecule has 2 heterocycles. The zero-order valence-corrected chi connectivity index (χ0v) is 10.6. The fraction of sp³-hybridized carbons (Fsp3) is 0.133. The molecule has 0 saturated heterocycles. The highest BCUT2D eigenvalue weighted by molar-refractivity contribution is 6.14. The lowest BCUT2D eigenvalue weighted by Crippen LogP contribution is -1.97. The van der Waals surface area contributed by atoms with Crippen molar-refractivity contribution in [2.75, 3.05) is 7.11 Å². The SMILES string of the molecule is COc1ccc2c(c1)OC(=Cc1ccc(C)o1)C2=O. The van der Waals surface area contributed by atoms with Gasteiger partial charge in [0.05, 0.1) is 12.7 Å². The van der Waals surface area contributed by atoms with Gasteiger partial charge in [0.25, 0.3) is 0 Å². The van der Waals surface area contributed by atoms with Crippen molar-refractivity contribution >= 4 is 11.9 Å². The highest BCUT2D eigenvalue weighted by Gasteiger charge is 2.27. The molecular formula is C15H12O4. The number of ether oxygens (including phenoxy) is 2. The summed E-state index contributed by atoms with van der Waals surface area (Å²) in [6.07, 6.45) is 1.60. The van der Waals surface area contributed by atoms with Crippen LogP contribution in [0.5, 0.6) is 11.5 Å². The minimum Gasteiger partial charge on any atom is -0.497 e. The maximum Gasteiger partial charge on any atom is 0.232 e. The van der Waals surface area contributed by atoms with Crippen molar-refractivity contribution in [3.63, 3.8) is 0 Å². The number of ketones is 1. The molecule has 1 aromatic heterocycles. The lowest BCUT2D eigenvalue weighted by atomic mass is 10.1. The average Bonchev–Trinajstić information content (AvgIpc) is 2.95. The van der Waals surface area contributed by atoms with E-state index < -0.39 is 0 Å². The number of carbonyl (C=O) groups excluding carboxylic acids is 1. The molecule has 4 nitrogen and oxygen atoms in total. The third-order valence-electron chi connectivity index (χ3n) is 2.91. The van der Waals surface area contributed by atoms with Crippen LogP contribution in [-0.2, 0) is 0 Å². The van der Waals surface area contributed by atoms with E-state index in [-0.39, 0.29) is 11.5 Å². The molecule has 0 fully saturated rings. The van der Waals surface area contributed by atoms with Crippen LogP contribution in [-0.4, -0.2) is 12.9 Å². The van der Waals surface area contributed by atoms with Crippen LogP contribution in [0.4, 0.5) is 0 Å². The van der Waals surface area contributed by atoms with Crippen LogP contribution >= 0.6 is 0 Å². The van der Waals surface area contributed by atoms with Crippen molar-refractivity contribution in [3.8, 4) is 11.5 Å². The number of carbonyl (C=O) groups is 1. The number of allylic oxidation sites excluding steroid dienone is 1. The van der Waals surface area contributed by atoms with Gasteiger partial charge < -0.3 is 13.9 Å². The summed E-state index contributed by atoms with van der Waals surface area (Å²) in [4.78, 5) is 12.1. The van der Waals surface area contributed by atoms with Gasteiger partial charge in [-0.05, 0) is 31.2 Å². The lowest BCUT2D eigenvalue weighted by molar-refractivity contribution is 0.101. The Bertz CT molecular complexity index is 679. The summed E-state index contributed by atoms with van der Waals surface area (Å²) in [5.41, 5.74) is 0.537. The molecule has 0 N–H and O–H groups in total. The van der Waals surface area contributed by atoms with Crippen LogP contribution < -0.4 is 9.47 Å². The minimum absolute atomic E-state index is 0.147. The Labute approximate surface area is 110 Å². The first kappa shape index (κ1) is 11.6. The molecule has 0 spiro atoms. The fourth-order valence-corrected chi connectivity index (χ4v) is 1.95. The van der Waals surface area contributed by atoms with Gasteiger partial charge in [-0.2, -0.15) is 0 Å². The van der Waals surface area contributed by atoms with Crippen LogP contribution in [0.25, 0.3) is 6.08 Å². The zero-order chi connectivity index (χ0) is 13.4. The predicted octanol–water partition coefficient (Wildman–Crippen LogP) is 3.21. The summed E-state index contributed by atoms with van der Waals surface area (Å²) in [7, 11) is 1.57. The molecule has 3 rings (SSSR count). The van der Waals surface area contributed by atoms with E-state index in [2.05, 4.69) is 0 Å². The number of fused-ring (bicyclic) bond motifs is 1. The fourth-order valence-electron chi connectivity index (χ4n) is 1.95. The van der Waals surface area contributed by atoms with Gasteiger partial charge in [-0.15, -0.1) is 0 Å². The van der Waals surface area contributed by atoms with Crippen LogP contribution in [0.15, 0.2) is 40.5 Å². The van der Waals surface area contributed by atoms with Gasteiger partial charge in [-0.1, -0.05) is 0 Å². The summed E-state index contributed by atoms with van der Waals surface area (Å²) in [5, 5.41) is 0. The Hall–Kier alpha value is -2.49. The third-order valence-corrected chi connectivity index (χ3v) is 2.91. The molecule has 1 aromatic carbocycles. The van der Waals surface area contributed by atoms with Crippen molar-refractivity contribution < 1.29 is 18.7 Å². The average molecular weight is 256 g/mol. The van der Waals surface area contributed by atoms with Crippen LogP contribution in [0.2, 0.25) is 0 Å². The third kappa shape index (κ3) is 2.01. The Morgan fingerprint density at radius 3 is 2.74 bits per heavy atom. The molecule has 1 aliphatic rings. The van der Waals surface area contributed by atoms with Crippen molar-refractivity contribution in [2.24, 2.45) is 0 Å². The van der Waals surface area contributed by atoms with Crippen molar-refractivity contribution in [1.29, 1.82) is 0 Å². The molecule has 96 valence electrons.